The summed E-state index contributed by atoms with van der Waals surface area (Å²) in [6.45, 7) is 7.22. The van der Waals surface area contributed by atoms with Crippen LogP contribution in [0.3, 0.4) is 0 Å². The molecule has 0 saturated carbocycles. The fourth-order valence-corrected chi connectivity index (χ4v) is 5.40. The van der Waals surface area contributed by atoms with Crippen molar-refractivity contribution in [1.29, 1.82) is 0 Å². The van der Waals surface area contributed by atoms with Crippen molar-refractivity contribution in [2.75, 3.05) is 56.6 Å². The number of carbonyl (C=O) groups is 2. The normalized spacial score (nSPS) is 18.3. The molecule has 0 radical (unpaired) electrons. The molecule has 0 spiro atoms. The highest BCUT2D eigenvalue weighted by Crippen LogP contribution is 2.38. The van der Waals surface area contributed by atoms with Gasteiger partial charge in [-0.05, 0) is 36.8 Å². The van der Waals surface area contributed by atoms with Crippen LogP contribution in [0.1, 0.15) is 32.9 Å². The number of nitrogens with zero attached hydrogens (tertiary/aromatic N) is 4. The molecule has 39 heavy (non-hydrogen) atoms. The van der Waals surface area contributed by atoms with Crippen molar-refractivity contribution >= 4 is 52.4 Å². The van der Waals surface area contributed by atoms with Crippen molar-refractivity contribution in [3.05, 3.63) is 63.4 Å². The van der Waals surface area contributed by atoms with Gasteiger partial charge in [0, 0.05) is 56.2 Å². The topological polar surface area (TPSA) is 115 Å². The number of H-pyrrole nitrogens is 1. The van der Waals surface area contributed by atoms with E-state index >= 15 is 0 Å². The molecule has 2 amide bonds. The van der Waals surface area contributed by atoms with Gasteiger partial charge in [-0.2, -0.15) is 0 Å². The van der Waals surface area contributed by atoms with Gasteiger partial charge in [0.15, 0.2) is 0 Å². The van der Waals surface area contributed by atoms with E-state index in [1.165, 1.54) is 24.5 Å². The summed E-state index contributed by atoms with van der Waals surface area (Å²) in [4.78, 5) is 42.5. The summed E-state index contributed by atoms with van der Waals surface area (Å²) < 4.78 is 19.1. The maximum Gasteiger partial charge on any atom is 0.257 e. The van der Waals surface area contributed by atoms with E-state index in [0.717, 1.165) is 44.1 Å². The van der Waals surface area contributed by atoms with Crippen molar-refractivity contribution in [2.24, 2.45) is 0 Å². The Labute approximate surface area is 229 Å². The first kappa shape index (κ1) is 25.5. The third kappa shape index (κ3) is 4.88. The van der Waals surface area contributed by atoms with Gasteiger partial charge in [-0.25, -0.2) is 14.4 Å². The number of anilines is 3. The van der Waals surface area contributed by atoms with Crippen molar-refractivity contribution in [2.45, 2.75) is 13.3 Å². The highest BCUT2D eigenvalue weighted by atomic mass is 35.5. The first-order valence-electron chi connectivity index (χ1n) is 12.8. The molecule has 0 aliphatic carbocycles. The molecule has 0 bridgehead atoms. The molecule has 0 atom stereocenters. The number of morpholine rings is 1. The second kappa shape index (κ2) is 10.4. The fraction of sp³-hybridized carbons (Fsp3) is 0.333. The number of nitrogens with one attached hydrogen (secondary N) is 3. The molecular formula is C27H27ClFN7O3. The first-order chi connectivity index (χ1) is 18.9. The number of halogens is 2. The van der Waals surface area contributed by atoms with Crippen molar-refractivity contribution in [3.63, 3.8) is 0 Å². The third-order valence-corrected chi connectivity index (χ3v) is 7.64. The van der Waals surface area contributed by atoms with Crippen LogP contribution < -0.4 is 10.6 Å². The lowest BCUT2D eigenvalue weighted by Crippen LogP contribution is -2.45. The maximum absolute atomic E-state index is 13.6. The highest BCUT2D eigenvalue weighted by molar-refractivity contribution is 6.35. The number of aromatic amines is 1. The number of hydrogen-bond acceptors (Lipinski definition) is 7. The Hall–Kier alpha value is -3.80. The Morgan fingerprint density at radius 2 is 1.97 bits per heavy atom. The first-order valence-corrected chi connectivity index (χ1v) is 13.2. The van der Waals surface area contributed by atoms with Crippen LogP contribution in [0.5, 0.6) is 0 Å². The molecule has 6 rings (SSSR count). The van der Waals surface area contributed by atoms with E-state index < -0.39 is 5.82 Å². The van der Waals surface area contributed by atoms with Gasteiger partial charge < -0.3 is 25.3 Å². The Morgan fingerprint density at radius 1 is 1.15 bits per heavy atom. The summed E-state index contributed by atoms with van der Waals surface area (Å²) in [5.41, 5.74) is 4.34. The summed E-state index contributed by atoms with van der Waals surface area (Å²) in [5, 5.41) is 5.85. The molecule has 202 valence electrons. The van der Waals surface area contributed by atoms with Gasteiger partial charge in [-0.15, -0.1) is 0 Å². The SMILES string of the molecule is Cc1c(C=C2C(=O)Nc3ncnc(Nc4ccc(F)c(Cl)c4)c32)[nH]c2c1C(=O)N(CCN1CCOCC1)CC2. The van der Waals surface area contributed by atoms with Crippen LogP contribution in [0.4, 0.5) is 21.7 Å². The van der Waals surface area contributed by atoms with Gasteiger partial charge in [0.25, 0.3) is 11.8 Å². The Bertz CT molecular complexity index is 1500. The molecule has 3 N–H and O–H groups in total. The average molecular weight is 552 g/mol. The van der Waals surface area contributed by atoms with E-state index in [4.69, 9.17) is 16.3 Å². The zero-order valence-corrected chi connectivity index (χ0v) is 22.1. The van der Waals surface area contributed by atoms with Crippen molar-refractivity contribution in [3.8, 4) is 0 Å². The Kier molecular flexibility index (Phi) is 6.79. The van der Waals surface area contributed by atoms with Crippen molar-refractivity contribution in [1.82, 2.24) is 24.8 Å². The number of hydrogen-bond donors (Lipinski definition) is 3. The Morgan fingerprint density at radius 3 is 2.77 bits per heavy atom. The summed E-state index contributed by atoms with van der Waals surface area (Å²) in [6, 6.07) is 4.22. The van der Waals surface area contributed by atoms with E-state index in [-0.39, 0.29) is 16.8 Å². The number of ether oxygens (including phenoxy) is 1. The van der Waals surface area contributed by atoms with E-state index in [0.29, 0.717) is 59.2 Å². The molecule has 3 aromatic rings. The Balaban J connectivity index is 1.28. The zero-order chi connectivity index (χ0) is 27.1. The van der Waals surface area contributed by atoms with Crippen molar-refractivity contribution < 1.29 is 18.7 Å². The molecule has 3 aliphatic rings. The molecule has 1 fully saturated rings. The van der Waals surface area contributed by atoms with Gasteiger partial charge in [-0.1, -0.05) is 11.6 Å². The minimum absolute atomic E-state index is 0.00180. The second-order valence-corrected chi connectivity index (χ2v) is 10.1. The van der Waals surface area contributed by atoms with Gasteiger partial charge >= 0.3 is 0 Å². The summed E-state index contributed by atoms with van der Waals surface area (Å²) >= 11 is 5.94. The predicted octanol–water partition coefficient (Wildman–Crippen LogP) is 3.47. The highest BCUT2D eigenvalue weighted by Gasteiger charge is 2.32. The zero-order valence-electron chi connectivity index (χ0n) is 21.3. The van der Waals surface area contributed by atoms with Gasteiger partial charge in [0.2, 0.25) is 0 Å². The summed E-state index contributed by atoms with van der Waals surface area (Å²) in [7, 11) is 0. The average Bonchev–Trinajstić information content (AvgIpc) is 3.43. The summed E-state index contributed by atoms with van der Waals surface area (Å²) in [5.74, 6) is -0.148. The smallest absolute Gasteiger partial charge is 0.257 e. The molecule has 12 heteroatoms. The number of amides is 2. The minimum atomic E-state index is -0.534. The number of rotatable bonds is 6. The lowest BCUT2D eigenvalue weighted by Gasteiger charge is -2.32. The van der Waals surface area contributed by atoms with E-state index in [1.54, 1.807) is 6.08 Å². The lowest BCUT2D eigenvalue weighted by atomic mass is 10.0. The van der Waals surface area contributed by atoms with Gasteiger partial charge in [-0.3, -0.25) is 14.5 Å². The maximum atomic E-state index is 13.6. The third-order valence-electron chi connectivity index (χ3n) is 7.35. The number of benzene rings is 1. The largest absolute Gasteiger partial charge is 0.379 e. The number of aromatic nitrogens is 3. The standard InChI is InChI=1S/C27H27ClFN7O3/c1-15-21(33-20-4-5-36(27(38)22(15)20)7-6-35-8-10-39-11-9-35)13-17-23-24(30-14-31-25(23)34-26(17)37)32-16-2-3-19(29)18(28)12-16/h2-3,12-14,33H,4-11H2,1H3,(H2,30,31,32,34,37). The number of carbonyl (C=O) groups excluding carboxylic acids is 2. The molecule has 2 aromatic heterocycles. The molecule has 1 aromatic carbocycles. The summed E-state index contributed by atoms with van der Waals surface area (Å²) in [6.07, 6.45) is 3.77. The fourth-order valence-electron chi connectivity index (χ4n) is 5.22. The lowest BCUT2D eigenvalue weighted by molar-refractivity contribution is -0.110. The predicted molar refractivity (Wildman–Crippen MR) is 146 cm³/mol. The van der Waals surface area contributed by atoms with E-state index in [2.05, 4.69) is 30.5 Å². The monoisotopic (exact) mass is 551 g/mol. The van der Waals surface area contributed by atoms with Crippen LogP contribution in [0, 0.1) is 12.7 Å². The number of fused-ring (bicyclic) bond motifs is 2. The second-order valence-electron chi connectivity index (χ2n) is 9.73. The molecule has 1 saturated heterocycles. The van der Waals surface area contributed by atoms with Gasteiger partial charge in [0.1, 0.15) is 23.8 Å². The molecule has 5 heterocycles. The van der Waals surface area contributed by atoms with Gasteiger partial charge in [0.05, 0.1) is 34.9 Å². The quantitative estimate of drug-likeness (QED) is 0.402. The molecule has 3 aliphatic heterocycles. The van der Waals surface area contributed by atoms with Crippen LogP contribution in [-0.2, 0) is 16.0 Å². The van der Waals surface area contributed by atoms with E-state index in [9.17, 15) is 14.0 Å². The van der Waals surface area contributed by atoms with E-state index in [1.807, 2.05) is 11.8 Å². The van der Waals surface area contributed by atoms with Crippen LogP contribution in [-0.4, -0.2) is 82.5 Å². The molecule has 0 unspecified atom stereocenters. The minimum Gasteiger partial charge on any atom is -0.379 e. The van der Waals surface area contributed by atoms with Crippen LogP contribution in [0.2, 0.25) is 5.02 Å². The molecular weight excluding hydrogens is 525 g/mol. The van der Waals surface area contributed by atoms with Crippen LogP contribution >= 0.6 is 11.6 Å². The molecule has 10 nitrogen and oxygen atoms in total. The van der Waals surface area contributed by atoms with Crippen LogP contribution in [0.25, 0.3) is 11.6 Å². The van der Waals surface area contributed by atoms with Crippen LogP contribution in [0.15, 0.2) is 24.5 Å².